The number of aromatic hydroxyl groups is 2. The van der Waals surface area contributed by atoms with E-state index in [1.807, 2.05) is 48.5 Å². The summed E-state index contributed by atoms with van der Waals surface area (Å²) < 4.78 is 0. The number of carboxylic acid groups (broad SMARTS) is 2. The van der Waals surface area contributed by atoms with Gasteiger partial charge >= 0.3 is 16.8 Å². The summed E-state index contributed by atoms with van der Waals surface area (Å²) in [7, 11) is 0. The largest absolute Gasteiger partial charge is 2.00 e. The summed E-state index contributed by atoms with van der Waals surface area (Å²) in [5.41, 5.74) is 5.42. The Kier molecular flexibility index (Phi) is 18.9. The van der Waals surface area contributed by atoms with Crippen molar-refractivity contribution in [1.29, 1.82) is 0 Å². The van der Waals surface area contributed by atoms with Gasteiger partial charge in [0.2, 0.25) is 0 Å². The first-order valence-electron chi connectivity index (χ1n) is 13.2. The first-order valence-corrected chi connectivity index (χ1v) is 13.2. The first-order chi connectivity index (χ1) is 19.0. The van der Waals surface area contributed by atoms with Gasteiger partial charge in [0, 0.05) is 35.5 Å². The zero-order valence-electron chi connectivity index (χ0n) is 23.9. The molecule has 0 saturated heterocycles. The number of aryl methyl sites for hydroxylation is 2. The Morgan fingerprint density at radius 3 is 1.29 bits per heavy atom. The monoisotopic (exact) mass is 605 g/mol. The normalized spacial score (nSPS) is 10.2. The number of phenolic OH excluding ortho intramolecular Hbond substituents is 2. The van der Waals surface area contributed by atoms with Crippen LogP contribution in [-0.2, 0) is 39.2 Å². The topological polar surface area (TPSA) is 145 Å². The first kappa shape index (κ1) is 37.0. The van der Waals surface area contributed by atoms with Gasteiger partial charge in [-0.05, 0) is 99.2 Å². The number of hydrogen-bond donors (Lipinski definition) is 2. The molecule has 0 spiro atoms. The number of carbonyl (C=O) groups is 2. The minimum absolute atomic E-state index is 0. The minimum atomic E-state index is -1.08. The van der Waals surface area contributed by atoms with E-state index >= 15 is 0 Å². The minimum Gasteiger partial charge on any atom is -0.550 e. The zero-order valence-corrected chi connectivity index (χ0v) is 25.0. The fraction of sp³-hybridized carbons (Fsp3) is 0.312. The second kappa shape index (κ2) is 20.9. The second-order valence-corrected chi connectivity index (χ2v) is 9.01. The van der Waals surface area contributed by atoms with Gasteiger partial charge < -0.3 is 30.0 Å². The maximum absolute atomic E-state index is 10.1. The van der Waals surface area contributed by atoms with Crippen molar-refractivity contribution in [2.24, 2.45) is 9.98 Å². The number of nitrogens with zero attached hydrogens (tertiary/aromatic N) is 2. The number of aliphatic carboxylic acids is 2. The molecular formula is C32H38CoN2O6. The van der Waals surface area contributed by atoms with Crippen LogP contribution in [0.4, 0.5) is 11.4 Å². The Morgan fingerprint density at radius 1 is 0.683 bits per heavy atom. The molecule has 0 aliphatic carbocycles. The molecule has 8 nitrogen and oxygen atoms in total. The van der Waals surface area contributed by atoms with Gasteiger partial charge in [-0.3, -0.25) is 9.98 Å². The molecule has 0 aromatic heterocycles. The number of carboxylic acids is 2. The maximum Gasteiger partial charge on any atom is 2.00 e. The van der Waals surface area contributed by atoms with Crippen molar-refractivity contribution in [2.75, 3.05) is 0 Å². The van der Waals surface area contributed by atoms with Crippen molar-refractivity contribution in [3.63, 3.8) is 0 Å². The SMILES string of the molecule is CC(=O)[O-].CC(=O)[O-].CCCCc1ccc(O)c(C=Nc2ccc(N=Cc3cc(CCCC)ccc3O)cc2)c1.[Co+2]. The van der Waals surface area contributed by atoms with Crippen molar-refractivity contribution in [1.82, 2.24) is 0 Å². The van der Waals surface area contributed by atoms with Gasteiger partial charge in [0.25, 0.3) is 0 Å². The number of benzene rings is 3. The van der Waals surface area contributed by atoms with Crippen molar-refractivity contribution in [2.45, 2.75) is 66.2 Å². The summed E-state index contributed by atoms with van der Waals surface area (Å²) in [5.74, 6) is -1.70. The average Bonchev–Trinajstić information content (AvgIpc) is 2.90. The Hall–Kier alpha value is -3.95. The molecule has 0 amide bonds. The van der Waals surface area contributed by atoms with Crippen LogP contribution in [0.2, 0.25) is 0 Å². The molecule has 3 rings (SSSR count). The van der Waals surface area contributed by atoms with Gasteiger partial charge in [-0.15, -0.1) is 0 Å². The molecule has 1 radical (unpaired) electrons. The van der Waals surface area contributed by atoms with Crippen LogP contribution in [-0.4, -0.2) is 34.6 Å². The number of carbonyl (C=O) groups excluding carboxylic acids is 2. The third kappa shape index (κ3) is 16.7. The van der Waals surface area contributed by atoms with E-state index in [0.29, 0.717) is 0 Å². The van der Waals surface area contributed by atoms with E-state index in [2.05, 4.69) is 23.8 Å². The summed E-state index contributed by atoms with van der Waals surface area (Å²) in [6, 6.07) is 18.9. The van der Waals surface area contributed by atoms with E-state index in [4.69, 9.17) is 19.8 Å². The molecule has 3 aromatic carbocycles. The van der Waals surface area contributed by atoms with Gasteiger partial charge in [-0.1, -0.05) is 38.8 Å². The summed E-state index contributed by atoms with van der Waals surface area (Å²) in [6.07, 6.45) is 9.94. The van der Waals surface area contributed by atoms with Gasteiger partial charge in [-0.25, -0.2) is 0 Å². The van der Waals surface area contributed by atoms with Crippen molar-refractivity contribution >= 4 is 35.7 Å². The van der Waals surface area contributed by atoms with Gasteiger partial charge in [0.15, 0.2) is 0 Å². The molecule has 2 N–H and O–H groups in total. The van der Waals surface area contributed by atoms with E-state index in [0.717, 1.165) is 74.9 Å². The Morgan fingerprint density at radius 2 is 1.00 bits per heavy atom. The van der Waals surface area contributed by atoms with Crippen molar-refractivity contribution < 1.29 is 46.8 Å². The summed E-state index contributed by atoms with van der Waals surface area (Å²) in [5, 5.41) is 38.0. The number of aliphatic imine (C=N–C) groups is 2. The fourth-order valence-electron chi connectivity index (χ4n) is 3.40. The molecule has 0 bridgehead atoms. The molecule has 41 heavy (non-hydrogen) atoms. The van der Waals surface area contributed by atoms with Crippen molar-refractivity contribution in [3.8, 4) is 11.5 Å². The van der Waals surface area contributed by atoms with Gasteiger partial charge in [-0.2, -0.15) is 0 Å². The standard InChI is InChI=1S/C28H32N2O2.2C2H4O2.Co/c1-3-5-7-21-9-15-27(31)23(17-21)19-29-25-11-13-26(14-12-25)30-20-24-18-22(8-6-4-2)10-16-28(24)32;2*1-2(3)4;/h9-20,31-32H,3-8H2,1-2H3;2*1H3,(H,3,4);/q;;;+2/p-2. The Balaban J connectivity index is 0.00000158. The molecule has 0 heterocycles. The molecule has 0 saturated carbocycles. The van der Waals surface area contributed by atoms with Gasteiger partial charge in [0.05, 0.1) is 11.4 Å². The molecule has 221 valence electrons. The van der Waals surface area contributed by atoms with E-state index < -0.39 is 11.9 Å². The molecule has 0 unspecified atom stereocenters. The van der Waals surface area contributed by atoms with Crippen LogP contribution in [0.15, 0.2) is 70.6 Å². The van der Waals surface area contributed by atoms with E-state index in [1.165, 1.54) is 11.1 Å². The number of rotatable bonds is 10. The fourth-order valence-corrected chi connectivity index (χ4v) is 3.40. The smallest absolute Gasteiger partial charge is 0.550 e. The molecular weight excluding hydrogens is 567 g/mol. The van der Waals surface area contributed by atoms with Crippen LogP contribution in [0.3, 0.4) is 0 Å². The van der Waals surface area contributed by atoms with Crippen LogP contribution in [0.25, 0.3) is 0 Å². The van der Waals surface area contributed by atoms with Crippen molar-refractivity contribution in [3.05, 3.63) is 82.9 Å². The van der Waals surface area contributed by atoms with Gasteiger partial charge in [0.1, 0.15) is 11.5 Å². The molecule has 0 aliphatic rings. The summed E-state index contributed by atoms with van der Waals surface area (Å²) >= 11 is 0. The molecule has 9 heteroatoms. The Bertz CT molecular complexity index is 1170. The van der Waals surface area contributed by atoms with Crippen LogP contribution in [0.5, 0.6) is 11.5 Å². The van der Waals surface area contributed by atoms with E-state index in [-0.39, 0.29) is 28.3 Å². The quantitative estimate of drug-likeness (QED) is 0.318. The summed E-state index contributed by atoms with van der Waals surface area (Å²) in [6.45, 7) is 6.29. The number of unbranched alkanes of at least 4 members (excludes halogenated alkanes) is 2. The van der Waals surface area contributed by atoms with Crippen LogP contribution < -0.4 is 10.2 Å². The Labute approximate surface area is 252 Å². The van der Waals surface area contributed by atoms with Crippen LogP contribution in [0, 0.1) is 0 Å². The van der Waals surface area contributed by atoms with Crippen LogP contribution in [0.1, 0.15) is 75.6 Å². The van der Waals surface area contributed by atoms with E-state index in [9.17, 15) is 10.2 Å². The molecule has 3 aromatic rings. The number of hydrogen-bond acceptors (Lipinski definition) is 8. The average molecular weight is 606 g/mol. The summed E-state index contributed by atoms with van der Waals surface area (Å²) in [4.78, 5) is 26.8. The maximum atomic E-state index is 10.1. The third-order valence-electron chi connectivity index (χ3n) is 5.38. The molecule has 0 fully saturated rings. The predicted molar refractivity (Wildman–Crippen MR) is 156 cm³/mol. The molecule has 0 aliphatic heterocycles. The van der Waals surface area contributed by atoms with Crippen LogP contribution >= 0.6 is 0 Å². The number of phenols is 2. The zero-order chi connectivity index (χ0) is 29.9. The molecule has 0 atom stereocenters. The second-order valence-electron chi connectivity index (χ2n) is 9.01. The third-order valence-corrected chi connectivity index (χ3v) is 5.38. The van der Waals surface area contributed by atoms with E-state index in [1.54, 1.807) is 24.6 Å². The predicted octanol–water partition coefficient (Wildman–Crippen LogP) is 4.79.